The van der Waals surface area contributed by atoms with Crippen LogP contribution in [0.5, 0.6) is 5.75 Å². The van der Waals surface area contributed by atoms with E-state index in [9.17, 15) is 18.0 Å². The molecule has 1 aromatic heterocycles. The first-order valence-corrected chi connectivity index (χ1v) is 9.06. The van der Waals surface area contributed by atoms with Crippen LogP contribution in [-0.2, 0) is 0 Å². The normalized spacial score (nSPS) is 13.9. The van der Waals surface area contributed by atoms with Gasteiger partial charge in [0.15, 0.2) is 12.3 Å². The van der Waals surface area contributed by atoms with Gasteiger partial charge >= 0.3 is 6.18 Å². The molecule has 1 fully saturated rings. The summed E-state index contributed by atoms with van der Waals surface area (Å²) in [6, 6.07) is 15.0. The third kappa shape index (κ3) is 4.77. The van der Waals surface area contributed by atoms with E-state index >= 15 is 0 Å². The van der Waals surface area contributed by atoms with Crippen LogP contribution < -0.4 is 10.1 Å². The van der Waals surface area contributed by atoms with E-state index < -0.39 is 18.7 Å². The smallest absolute Gasteiger partial charge is 0.422 e. The van der Waals surface area contributed by atoms with Crippen molar-refractivity contribution >= 4 is 11.6 Å². The average Bonchev–Trinajstić information content (AvgIpc) is 3.45. The first-order valence-electron chi connectivity index (χ1n) is 9.06. The fourth-order valence-electron chi connectivity index (χ4n) is 2.81. The van der Waals surface area contributed by atoms with Crippen LogP contribution in [0.2, 0.25) is 0 Å². The van der Waals surface area contributed by atoms with Gasteiger partial charge in [-0.3, -0.25) is 4.79 Å². The number of benzene rings is 2. The Labute approximate surface area is 164 Å². The van der Waals surface area contributed by atoms with Crippen molar-refractivity contribution in [3.05, 3.63) is 66.1 Å². The van der Waals surface area contributed by atoms with Crippen LogP contribution in [0.4, 0.5) is 18.9 Å². The maximum Gasteiger partial charge on any atom is 0.422 e. The summed E-state index contributed by atoms with van der Waals surface area (Å²) in [4.78, 5) is 17.1. The summed E-state index contributed by atoms with van der Waals surface area (Å²) in [5.74, 6) is 0.757. The second-order valence-electron chi connectivity index (χ2n) is 6.75. The molecule has 0 atom stereocenters. The van der Waals surface area contributed by atoms with Crippen molar-refractivity contribution < 1.29 is 27.1 Å². The summed E-state index contributed by atoms with van der Waals surface area (Å²) >= 11 is 0. The molecule has 0 bridgehead atoms. The predicted octanol–water partition coefficient (Wildman–Crippen LogP) is 5.41. The van der Waals surface area contributed by atoms with Gasteiger partial charge in [0.25, 0.3) is 5.91 Å². The van der Waals surface area contributed by atoms with Gasteiger partial charge < -0.3 is 14.5 Å². The molecule has 1 saturated carbocycles. The molecule has 0 saturated heterocycles. The Morgan fingerprint density at radius 2 is 1.79 bits per heavy atom. The predicted molar refractivity (Wildman–Crippen MR) is 99.9 cm³/mol. The molecule has 1 aliphatic rings. The third-order valence-corrected chi connectivity index (χ3v) is 4.35. The van der Waals surface area contributed by atoms with Gasteiger partial charge in [-0.1, -0.05) is 18.2 Å². The fourth-order valence-corrected chi connectivity index (χ4v) is 2.81. The quantitative estimate of drug-likeness (QED) is 0.599. The van der Waals surface area contributed by atoms with Gasteiger partial charge in [0, 0.05) is 17.2 Å². The van der Waals surface area contributed by atoms with Crippen molar-refractivity contribution in [3.63, 3.8) is 0 Å². The van der Waals surface area contributed by atoms with Crippen LogP contribution in [0, 0.1) is 0 Å². The minimum Gasteiger partial charge on any atom is -0.484 e. The first kappa shape index (κ1) is 19.0. The molecule has 2 aromatic carbocycles. The lowest BCUT2D eigenvalue weighted by Gasteiger charge is -2.10. The molecule has 1 aliphatic carbocycles. The Morgan fingerprint density at radius 1 is 1.10 bits per heavy atom. The number of nitrogens with zero attached hydrogens (tertiary/aromatic N) is 1. The Bertz CT molecular complexity index is 994. The molecule has 0 spiro atoms. The highest BCUT2D eigenvalue weighted by atomic mass is 19.4. The average molecular weight is 402 g/mol. The number of hydrogen-bond donors (Lipinski definition) is 1. The van der Waals surface area contributed by atoms with Gasteiger partial charge in [-0.15, -0.1) is 0 Å². The second kappa shape index (κ2) is 7.62. The highest BCUT2D eigenvalue weighted by Crippen LogP contribution is 2.43. The number of anilines is 1. The standard InChI is InChI=1S/C21H17F3N2O3/c22-21(23,24)12-28-16-10-8-15(9-11-16)25-19(27)17-18(13-6-7-13)29-20(26-17)14-4-2-1-3-5-14/h1-5,8-11,13H,6-7,12H2,(H,25,27). The zero-order valence-corrected chi connectivity index (χ0v) is 15.2. The van der Waals surface area contributed by atoms with E-state index in [4.69, 9.17) is 4.42 Å². The number of hydrogen-bond acceptors (Lipinski definition) is 4. The van der Waals surface area contributed by atoms with E-state index in [-0.39, 0.29) is 17.4 Å². The number of ether oxygens (including phenoxy) is 1. The summed E-state index contributed by atoms with van der Waals surface area (Å²) < 4.78 is 47.2. The van der Waals surface area contributed by atoms with Crippen LogP contribution >= 0.6 is 0 Å². The van der Waals surface area contributed by atoms with Crippen molar-refractivity contribution in [3.8, 4) is 17.2 Å². The highest BCUT2D eigenvalue weighted by molar-refractivity contribution is 6.04. The Kier molecular flexibility index (Phi) is 5.00. The number of nitrogens with one attached hydrogen (secondary N) is 1. The van der Waals surface area contributed by atoms with Crippen molar-refractivity contribution in [1.82, 2.24) is 4.98 Å². The van der Waals surface area contributed by atoms with Gasteiger partial charge in [-0.25, -0.2) is 4.98 Å². The topological polar surface area (TPSA) is 64.4 Å². The van der Waals surface area contributed by atoms with E-state index in [2.05, 4.69) is 15.0 Å². The molecule has 29 heavy (non-hydrogen) atoms. The molecule has 0 radical (unpaired) electrons. The van der Waals surface area contributed by atoms with E-state index in [0.717, 1.165) is 18.4 Å². The van der Waals surface area contributed by atoms with E-state index in [0.29, 0.717) is 17.3 Å². The van der Waals surface area contributed by atoms with Crippen LogP contribution in [0.25, 0.3) is 11.5 Å². The van der Waals surface area contributed by atoms with Crippen molar-refractivity contribution in [2.75, 3.05) is 11.9 Å². The molecular weight excluding hydrogens is 385 g/mol. The number of rotatable bonds is 6. The molecule has 1 heterocycles. The van der Waals surface area contributed by atoms with Gasteiger partial charge in [0.05, 0.1) is 0 Å². The van der Waals surface area contributed by atoms with E-state index in [1.165, 1.54) is 24.3 Å². The van der Waals surface area contributed by atoms with Crippen molar-refractivity contribution in [2.45, 2.75) is 24.9 Å². The molecule has 0 unspecified atom stereocenters. The van der Waals surface area contributed by atoms with E-state index in [1.807, 2.05) is 30.3 Å². The lowest BCUT2D eigenvalue weighted by molar-refractivity contribution is -0.153. The number of alkyl halides is 3. The minimum absolute atomic E-state index is 0.0618. The maximum atomic E-state index is 12.7. The molecule has 0 aliphatic heterocycles. The van der Waals surface area contributed by atoms with Crippen LogP contribution in [-0.4, -0.2) is 23.7 Å². The number of carbonyl (C=O) groups is 1. The second-order valence-corrected chi connectivity index (χ2v) is 6.75. The lowest BCUT2D eigenvalue weighted by Crippen LogP contribution is -2.19. The molecule has 4 rings (SSSR count). The number of aromatic nitrogens is 1. The van der Waals surface area contributed by atoms with Crippen LogP contribution in [0.1, 0.15) is 35.0 Å². The van der Waals surface area contributed by atoms with Gasteiger partial charge in [0.2, 0.25) is 5.89 Å². The summed E-state index contributed by atoms with van der Waals surface area (Å²) in [5, 5.41) is 2.71. The lowest BCUT2D eigenvalue weighted by atomic mass is 10.2. The Balaban J connectivity index is 1.49. The van der Waals surface area contributed by atoms with Gasteiger partial charge in [-0.05, 0) is 49.2 Å². The Morgan fingerprint density at radius 3 is 2.41 bits per heavy atom. The van der Waals surface area contributed by atoms with Crippen molar-refractivity contribution in [1.29, 1.82) is 0 Å². The van der Waals surface area contributed by atoms with Gasteiger partial charge in [0.1, 0.15) is 11.5 Å². The number of amides is 1. The molecule has 1 amide bonds. The molecular formula is C21H17F3N2O3. The molecule has 8 heteroatoms. The third-order valence-electron chi connectivity index (χ3n) is 4.35. The highest BCUT2D eigenvalue weighted by Gasteiger charge is 2.34. The number of oxazole rings is 1. The fraction of sp³-hybridized carbons (Fsp3) is 0.238. The zero-order chi connectivity index (χ0) is 20.4. The van der Waals surface area contributed by atoms with Gasteiger partial charge in [-0.2, -0.15) is 13.2 Å². The van der Waals surface area contributed by atoms with E-state index in [1.54, 1.807) is 0 Å². The SMILES string of the molecule is O=C(Nc1ccc(OCC(F)(F)F)cc1)c1nc(-c2ccccc2)oc1C1CC1. The summed E-state index contributed by atoms with van der Waals surface area (Å²) in [5.41, 5.74) is 1.42. The monoisotopic (exact) mass is 402 g/mol. The molecule has 150 valence electrons. The van der Waals surface area contributed by atoms with Crippen LogP contribution in [0.3, 0.4) is 0 Å². The van der Waals surface area contributed by atoms with Crippen LogP contribution in [0.15, 0.2) is 59.0 Å². The zero-order valence-electron chi connectivity index (χ0n) is 15.2. The van der Waals surface area contributed by atoms with Crippen molar-refractivity contribution in [2.24, 2.45) is 0 Å². The first-order chi connectivity index (χ1) is 13.9. The molecule has 5 nitrogen and oxygen atoms in total. The number of carbonyl (C=O) groups excluding carboxylic acids is 1. The largest absolute Gasteiger partial charge is 0.484 e. The summed E-state index contributed by atoms with van der Waals surface area (Å²) in [6.45, 7) is -1.37. The molecule has 1 N–H and O–H groups in total. The maximum absolute atomic E-state index is 12.7. The summed E-state index contributed by atoms with van der Waals surface area (Å²) in [7, 11) is 0. The molecule has 3 aromatic rings. The minimum atomic E-state index is -4.41. The number of halogens is 3. The Hall–Kier alpha value is -3.29. The summed E-state index contributed by atoms with van der Waals surface area (Å²) in [6.07, 6.45) is -2.53.